The second-order valence-electron chi connectivity index (χ2n) is 7.46. The maximum Gasteiger partial charge on any atom is 0.144 e. The number of benzene rings is 1. The molecule has 4 atom stereocenters. The number of carbonyl (C=O) groups is 1. The predicted molar refractivity (Wildman–Crippen MR) is 85.4 cm³/mol. The highest BCUT2D eigenvalue weighted by Crippen LogP contribution is 2.56. The summed E-state index contributed by atoms with van der Waals surface area (Å²) in [6.07, 6.45) is 9.80. The average Bonchev–Trinajstić information content (AvgIpc) is 3.08. The van der Waals surface area contributed by atoms with Crippen LogP contribution in [0, 0.1) is 17.3 Å². The zero-order chi connectivity index (χ0) is 14.6. The Hall–Kier alpha value is -1.37. The van der Waals surface area contributed by atoms with Crippen LogP contribution in [0.3, 0.4) is 0 Å². The van der Waals surface area contributed by atoms with E-state index in [2.05, 4.69) is 44.2 Å². The van der Waals surface area contributed by atoms with Crippen LogP contribution in [0.4, 0.5) is 0 Å². The van der Waals surface area contributed by atoms with Crippen LogP contribution in [0.2, 0.25) is 0 Å². The Morgan fingerprint density at radius 2 is 2.14 bits per heavy atom. The summed E-state index contributed by atoms with van der Waals surface area (Å²) in [6.45, 7) is 4.54. The van der Waals surface area contributed by atoms with Crippen LogP contribution in [0.25, 0.3) is 0 Å². The minimum Gasteiger partial charge on any atom is -0.299 e. The Bertz CT molecular complexity index is 627. The van der Waals surface area contributed by atoms with Crippen molar-refractivity contribution < 1.29 is 4.79 Å². The Morgan fingerprint density at radius 3 is 2.81 bits per heavy atom. The number of hydrogen-bond donors (Lipinski definition) is 0. The molecule has 1 spiro atoms. The van der Waals surface area contributed by atoms with Gasteiger partial charge in [-0.05, 0) is 60.1 Å². The lowest BCUT2D eigenvalue weighted by molar-refractivity contribution is -0.130. The molecule has 0 N–H and O–H groups in total. The molecular formula is C20H24O. The highest BCUT2D eigenvalue weighted by atomic mass is 16.1. The summed E-state index contributed by atoms with van der Waals surface area (Å²) >= 11 is 0. The Kier molecular flexibility index (Phi) is 2.89. The van der Waals surface area contributed by atoms with Gasteiger partial charge in [0.15, 0.2) is 0 Å². The molecule has 2 bridgehead atoms. The van der Waals surface area contributed by atoms with Crippen LogP contribution in [-0.4, -0.2) is 5.78 Å². The molecule has 1 aromatic rings. The van der Waals surface area contributed by atoms with Crippen LogP contribution in [-0.2, 0) is 17.6 Å². The normalized spacial score (nSPS) is 34.5. The van der Waals surface area contributed by atoms with Gasteiger partial charge in [-0.1, -0.05) is 44.2 Å². The third-order valence-electron chi connectivity index (χ3n) is 6.33. The molecule has 1 saturated carbocycles. The molecule has 1 heteroatoms. The van der Waals surface area contributed by atoms with Crippen molar-refractivity contribution in [3.63, 3.8) is 0 Å². The lowest BCUT2D eigenvalue weighted by atomic mass is 9.63. The Morgan fingerprint density at radius 1 is 1.29 bits per heavy atom. The standard InChI is InChI=1S/C20H24O/c1-3-13(2)15-5-6-16-10-19(21)20(12-17(16)9-15)11-14-4-7-18(20)8-14/h4-7,9,13-14,18H,3,8,10-12H2,1-2H3. The molecule has 4 rings (SSSR count). The topological polar surface area (TPSA) is 17.1 Å². The van der Waals surface area contributed by atoms with E-state index in [0.29, 0.717) is 30.0 Å². The van der Waals surface area contributed by atoms with Crippen molar-refractivity contribution in [2.45, 2.75) is 51.9 Å². The van der Waals surface area contributed by atoms with Crippen molar-refractivity contribution in [3.05, 3.63) is 47.0 Å². The summed E-state index contributed by atoms with van der Waals surface area (Å²) in [5, 5.41) is 0. The molecule has 0 radical (unpaired) electrons. The number of carbonyl (C=O) groups excluding carboxylic acids is 1. The SMILES string of the molecule is CCC(C)c1ccc2c(c1)CC1(CC3C=CC1C3)C(=O)C2. The zero-order valence-corrected chi connectivity index (χ0v) is 13.1. The summed E-state index contributed by atoms with van der Waals surface area (Å²) in [7, 11) is 0. The second kappa shape index (κ2) is 4.56. The lowest BCUT2D eigenvalue weighted by Gasteiger charge is -2.38. The van der Waals surface area contributed by atoms with Crippen LogP contribution in [0.1, 0.15) is 55.7 Å². The fourth-order valence-electron chi connectivity index (χ4n) is 4.79. The van der Waals surface area contributed by atoms with Crippen LogP contribution in [0.5, 0.6) is 0 Å². The van der Waals surface area contributed by atoms with Gasteiger partial charge in [0.1, 0.15) is 5.78 Å². The van der Waals surface area contributed by atoms with Gasteiger partial charge in [-0.15, -0.1) is 0 Å². The van der Waals surface area contributed by atoms with Crippen molar-refractivity contribution in [1.82, 2.24) is 0 Å². The summed E-state index contributed by atoms with van der Waals surface area (Å²) in [5.41, 5.74) is 4.12. The van der Waals surface area contributed by atoms with Gasteiger partial charge in [0, 0.05) is 11.8 Å². The molecule has 110 valence electrons. The maximum absolute atomic E-state index is 12.8. The molecular weight excluding hydrogens is 256 g/mol. The van der Waals surface area contributed by atoms with E-state index < -0.39 is 0 Å². The van der Waals surface area contributed by atoms with Gasteiger partial charge >= 0.3 is 0 Å². The molecule has 1 aromatic carbocycles. The van der Waals surface area contributed by atoms with E-state index in [0.717, 1.165) is 12.8 Å². The number of Topliss-reactive ketones (excluding diaryl/α,β-unsaturated/α-hetero) is 1. The molecule has 4 unspecified atom stereocenters. The lowest BCUT2D eigenvalue weighted by Crippen LogP contribution is -2.41. The van der Waals surface area contributed by atoms with E-state index in [1.54, 1.807) is 0 Å². The number of fused-ring (bicyclic) bond motifs is 4. The number of ketones is 1. The molecule has 0 saturated heterocycles. The van der Waals surface area contributed by atoms with Gasteiger partial charge in [-0.2, -0.15) is 0 Å². The fourth-order valence-corrected chi connectivity index (χ4v) is 4.79. The van der Waals surface area contributed by atoms with Crippen LogP contribution in [0.15, 0.2) is 30.4 Å². The summed E-state index contributed by atoms with van der Waals surface area (Å²) in [5.74, 6) is 2.29. The Balaban J connectivity index is 1.72. The first-order chi connectivity index (χ1) is 10.1. The minimum atomic E-state index is -0.0551. The summed E-state index contributed by atoms with van der Waals surface area (Å²) in [4.78, 5) is 12.8. The first-order valence-corrected chi connectivity index (χ1v) is 8.45. The number of allylic oxidation sites excluding steroid dienone is 2. The predicted octanol–water partition coefficient (Wildman–Crippen LogP) is 4.45. The van der Waals surface area contributed by atoms with Crippen molar-refractivity contribution in [2.24, 2.45) is 17.3 Å². The van der Waals surface area contributed by atoms with Crippen LogP contribution >= 0.6 is 0 Å². The highest BCUT2D eigenvalue weighted by Gasteiger charge is 2.54. The zero-order valence-electron chi connectivity index (χ0n) is 13.1. The van der Waals surface area contributed by atoms with E-state index in [1.165, 1.54) is 29.5 Å². The second-order valence-corrected chi connectivity index (χ2v) is 7.46. The summed E-state index contributed by atoms with van der Waals surface area (Å²) in [6, 6.07) is 6.84. The van der Waals surface area contributed by atoms with Crippen LogP contribution < -0.4 is 0 Å². The van der Waals surface area contributed by atoms with Crippen molar-refractivity contribution in [3.8, 4) is 0 Å². The largest absolute Gasteiger partial charge is 0.299 e. The van der Waals surface area contributed by atoms with E-state index in [4.69, 9.17) is 0 Å². The van der Waals surface area contributed by atoms with Gasteiger partial charge in [0.25, 0.3) is 0 Å². The average molecular weight is 280 g/mol. The number of rotatable bonds is 2. The first-order valence-electron chi connectivity index (χ1n) is 8.45. The molecule has 1 nitrogen and oxygen atoms in total. The minimum absolute atomic E-state index is 0.0551. The molecule has 3 aliphatic rings. The van der Waals surface area contributed by atoms with Gasteiger partial charge in [-0.3, -0.25) is 4.79 Å². The van der Waals surface area contributed by atoms with E-state index >= 15 is 0 Å². The molecule has 0 aliphatic heterocycles. The number of hydrogen-bond acceptors (Lipinski definition) is 1. The van der Waals surface area contributed by atoms with Gasteiger partial charge < -0.3 is 0 Å². The maximum atomic E-state index is 12.8. The molecule has 0 amide bonds. The molecule has 0 heterocycles. The fraction of sp³-hybridized carbons (Fsp3) is 0.550. The quantitative estimate of drug-likeness (QED) is 0.731. The van der Waals surface area contributed by atoms with Crippen molar-refractivity contribution in [1.29, 1.82) is 0 Å². The molecule has 1 fully saturated rings. The van der Waals surface area contributed by atoms with E-state index in [9.17, 15) is 4.79 Å². The third kappa shape index (κ3) is 1.86. The van der Waals surface area contributed by atoms with Crippen molar-refractivity contribution in [2.75, 3.05) is 0 Å². The Labute approximate surface area is 127 Å². The molecule has 3 aliphatic carbocycles. The van der Waals surface area contributed by atoms with E-state index in [-0.39, 0.29) is 5.41 Å². The monoisotopic (exact) mass is 280 g/mol. The first kappa shape index (κ1) is 13.3. The summed E-state index contributed by atoms with van der Waals surface area (Å²) < 4.78 is 0. The van der Waals surface area contributed by atoms with Gasteiger partial charge in [-0.25, -0.2) is 0 Å². The van der Waals surface area contributed by atoms with Gasteiger partial charge in [0.2, 0.25) is 0 Å². The van der Waals surface area contributed by atoms with E-state index in [1.807, 2.05) is 0 Å². The molecule has 0 aromatic heterocycles. The third-order valence-corrected chi connectivity index (χ3v) is 6.33. The van der Waals surface area contributed by atoms with Gasteiger partial charge in [0.05, 0.1) is 0 Å². The highest BCUT2D eigenvalue weighted by molar-refractivity contribution is 5.90. The molecule has 21 heavy (non-hydrogen) atoms. The van der Waals surface area contributed by atoms with Crippen molar-refractivity contribution >= 4 is 5.78 Å². The smallest absolute Gasteiger partial charge is 0.144 e.